The van der Waals surface area contributed by atoms with E-state index in [9.17, 15) is 14.9 Å². The Morgan fingerprint density at radius 2 is 1.96 bits per heavy atom. The van der Waals surface area contributed by atoms with Crippen LogP contribution < -0.4 is 0 Å². The lowest BCUT2D eigenvalue weighted by atomic mass is 9.93. The zero-order chi connectivity index (χ0) is 19.5. The highest BCUT2D eigenvalue weighted by Crippen LogP contribution is 2.37. The maximum Gasteiger partial charge on any atom is 0.270 e. The fraction of sp³-hybridized carbons (Fsp3) is 0.136. The molecule has 1 atom stereocenters. The summed E-state index contributed by atoms with van der Waals surface area (Å²) in [5.41, 5.74) is 2.91. The first-order valence-electron chi connectivity index (χ1n) is 8.98. The van der Waals surface area contributed by atoms with Gasteiger partial charge in [-0.2, -0.15) is 0 Å². The van der Waals surface area contributed by atoms with Gasteiger partial charge in [0, 0.05) is 29.6 Å². The van der Waals surface area contributed by atoms with Crippen molar-refractivity contribution in [3.63, 3.8) is 0 Å². The van der Waals surface area contributed by atoms with Gasteiger partial charge in [0.25, 0.3) is 5.69 Å². The summed E-state index contributed by atoms with van der Waals surface area (Å²) in [5, 5.41) is 13.0. The average Bonchev–Trinajstić information content (AvgIpc) is 3.21. The summed E-state index contributed by atoms with van der Waals surface area (Å²) < 4.78 is 0. The molecule has 3 aromatic rings. The first-order valence-corrected chi connectivity index (χ1v) is 9.86. The first-order chi connectivity index (χ1) is 13.6. The predicted octanol–water partition coefficient (Wildman–Crippen LogP) is 4.84. The van der Waals surface area contributed by atoms with Gasteiger partial charge in [-0.1, -0.05) is 42.5 Å². The van der Waals surface area contributed by atoms with Crippen LogP contribution in [0.25, 0.3) is 6.08 Å². The molecule has 0 saturated heterocycles. The molecule has 0 N–H and O–H groups in total. The smallest absolute Gasteiger partial charge is 0.270 e. The van der Waals surface area contributed by atoms with Gasteiger partial charge in [-0.3, -0.25) is 14.9 Å². The molecule has 1 aliphatic heterocycles. The molecule has 0 fully saturated rings. The third-order valence-corrected chi connectivity index (χ3v) is 5.86. The molecule has 0 saturated carbocycles. The van der Waals surface area contributed by atoms with E-state index in [1.54, 1.807) is 29.5 Å². The van der Waals surface area contributed by atoms with Gasteiger partial charge in [0.15, 0.2) is 0 Å². The van der Waals surface area contributed by atoms with Crippen molar-refractivity contribution in [2.45, 2.75) is 12.5 Å². The van der Waals surface area contributed by atoms with Crippen LogP contribution in [-0.2, 0) is 11.2 Å². The quantitative estimate of drug-likeness (QED) is 0.364. The summed E-state index contributed by atoms with van der Waals surface area (Å²) in [6.07, 6.45) is 3.99. The van der Waals surface area contributed by atoms with Crippen molar-refractivity contribution in [1.29, 1.82) is 0 Å². The van der Waals surface area contributed by atoms with Crippen molar-refractivity contribution in [3.8, 4) is 0 Å². The number of benzene rings is 2. The molecule has 2 heterocycles. The highest BCUT2D eigenvalue weighted by atomic mass is 32.1. The number of hydrogen-bond donors (Lipinski definition) is 0. The minimum Gasteiger partial charge on any atom is -0.328 e. The topological polar surface area (TPSA) is 63.4 Å². The second-order valence-corrected chi connectivity index (χ2v) is 7.58. The number of non-ortho nitro benzene ring substituents is 1. The molecule has 5 nitrogen and oxygen atoms in total. The molecule has 0 spiro atoms. The summed E-state index contributed by atoms with van der Waals surface area (Å²) in [6, 6.07) is 18.3. The first kappa shape index (κ1) is 18.1. The van der Waals surface area contributed by atoms with Gasteiger partial charge in [-0.25, -0.2) is 0 Å². The molecule has 4 rings (SSSR count). The normalized spacial score (nSPS) is 16.1. The van der Waals surface area contributed by atoms with Crippen LogP contribution in [0.5, 0.6) is 0 Å². The van der Waals surface area contributed by atoms with Crippen LogP contribution in [0, 0.1) is 10.1 Å². The molecule has 0 aliphatic carbocycles. The Labute approximate surface area is 166 Å². The molecule has 140 valence electrons. The third-order valence-electron chi connectivity index (χ3n) is 4.86. The fourth-order valence-corrected chi connectivity index (χ4v) is 4.46. The highest BCUT2D eigenvalue weighted by molar-refractivity contribution is 7.10. The molecule has 1 unspecified atom stereocenters. The number of carbonyl (C=O) groups excluding carboxylic acids is 1. The highest BCUT2D eigenvalue weighted by Gasteiger charge is 2.31. The van der Waals surface area contributed by atoms with Gasteiger partial charge in [0.05, 0.1) is 11.0 Å². The van der Waals surface area contributed by atoms with E-state index in [-0.39, 0.29) is 17.6 Å². The number of hydrogen-bond acceptors (Lipinski definition) is 4. The van der Waals surface area contributed by atoms with Crippen LogP contribution in [0.2, 0.25) is 0 Å². The zero-order valence-electron chi connectivity index (χ0n) is 15.0. The van der Waals surface area contributed by atoms with E-state index in [1.807, 2.05) is 35.2 Å². The minimum absolute atomic E-state index is 0.0117. The van der Waals surface area contributed by atoms with E-state index in [0.29, 0.717) is 12.1 Å². The summed E-state index contributed by atoms with van der Waals surface area (Å²) in [6.45, 7) is 0.644. The minimum atomic E-state index is -0.437. The Morgan fingerprint density at radius 3 is 2.75 bits per heavy atom. The molecular formula is C22H18N2O3S. The standard InChI is InChI=1S/C22H18N2O3S/c25-21(10-9-16-5-4-8-18(15-16)24(26)27)23-13-11-20-19(12-14-28-20)22(23)17-6-2-1-3-7-17/h1-10,12,14-15,22H,11,13H2. The van der Waals surface area contributed by atoms with Gasteiger partial charge < -0.3 is 4.90 Å². The van der Waals surface area contributed by atoms with Crippen LogP contribution in [0.15, 0.2) is 72.1 Å². The molecule has 0 bridgehead atoms. The number of fused-ring (bicyclic) bond motifs is 1. The Morgan fingerprint density at radius 1 is 1.14 bits per heavy atom. The Bertz CT molecular complexity index is 1040. The Kier molecular flexibility index (Phi) is 5.04. The van der Waals surface area contributed by atoms with Crippen molar-refractivity contribution in [1.82, 2.24) is 4.90 Å². The van der Waals surface area contributed by atoms with E-state index in [4.69, 9.17) is 0 Å². The van der Waals surface area contributed by atoms with Crippen molar-refractivity contribution in [2.24, 2.45) is 0 Å². The second-order valence-electron chi connectivity index (χ2n) is 6.58. The van der Waals surface area contributed by atoms with E-state index in [2.05, 4.69) is 11.4 Å². The fourth-order valence-electron chi connectivity index (χ4n) is 3.55. The second kappa shape index (κ2) is 7.78. The lowest BCUT2D eigenvalue weighted by Gasteiger charge is -2.35. The maximum absolute atomic E-state index is 13.0. The molecule has 1 aliphatic rings. The third kappa shape index (κ3) is 3.59. The van der Waals surface area contributed by atoms with E-state index in [1.165, 1.54) is 28.6 Å². The van der Waals surface area contributed by atoms with Gasteiger partial charge in [0.2, 0.25) is 5.91 Å². The van der Waals surface area contributed by atoms with Gasteiger partial charge >= 0.3 is 0 Å². The van der Waals surface area contributed by atoms with E-state index >= 15 is 0 Å². The number of nitrogens with zero attached hydrogens (tertiary/aromatic N) is 2. The van der Waals surface area contributed by atoms with Crippen LogP contribution >= 0.6 is 11.3 Å². The van der Waals surface area contributed by atoms with E-state index < -0.39 is 4.92 Å². The largest absolute Gasteiger partial charge is 0.328 e. The van der Waals surface area contributed by atoms with Gasteiger partial charge in [-0.15, -0.1) is 11.3 Å². The number of amides is 1. The molecule has 6 heteroatoms. The summed E-state index contributed by atoms with van der Waals surface area (Å²) in [7, 11) is 0. The SMILES string of the molecule is O=C(C=Cc1cccc([N+](=O)[O-])c1)N1CCc2sccc2C1c1ccccc1. The summed E-state index contributed by atoms with van der Waals surface area (Å²) in [5.74, 6) is -0.0998. The maximum atomic E-state index is 13.0. The number of rotatable bonds is 4. The Balaban J connectivity index is 1.63. The predicted molar refractivity (Wildman–Crippen MR) is 110 cm³/mol. The van der Waals surface area contributed by atoms with Gasteiger partial charge in [0.1, 0.15) is 0 Å². The lowest BCUT2D eigenvalue weighted by molar-refractivity contribution is -0.384. The number of nitro benzene ring substituents is 1. The molecule has 0 radical (unpaired) electrons. The lowest BCUT2D eigenvalue weighted by Crippen LogP contribution is -2.39. The van der Waals surface area contributed by atoms with Crippen LogP contribution in [0.1, 0.15) is 27.6 Å². The van der Waals surface area contributed by atoms with Gasteiger partial charge in [-0.05, 0) is 40.6 Å². The van der Waals surface area contributed by atoms with Crippen LogP contribution in [-0.4, -0.2) is 22.3 Å². The van der Waals surface area contributed by atoms with Crippen LogP contribution in [0.3, 0.4) is 0 Å². The van der Waals surface area contributed by atoms with Crippen molar-refractivity contribution in [2.75, 3.05) is 6.54 Å². The average molecular weight is 390 g/mol. The summed E-state index contributed by atoms with van der Waals surface area (Å²) in [4.78, 5) is 26.7. The van der Waals surface area contributed by atoms with Crippen molar-refractivity contribution < 1.29 is 9.72 Å². The Hall–Kier alpha value is -3.25. The molecule has 2 aromatic carbocycles. The molecular weight excluding hydrogens is 372 g/mol. The van der Waals surface area contributed by atoms with Crippen molar-refractivity contribution >= 4 is 29.0 Å². The molecule has 1 amide bonds. The van der Waals surface area contributed by atoms with E-state index in [0.717, 1.165) is 12.0 Å². The van der Waals surface area contributed by atoms with Crippen molar-refractivity contribution in [3.05, 3.63) is 104 Å². The molecule has 1 aromatic heterocycles. The van der Waals surface area contributed by atoms with Crippen LogP contribution in [0.4, 0.5) is 5.69 Å². The summed E-state index contributed by atoms with van der Waals surface area (Å²) >= 11 is 1.73. The molecule has 28 heavy (non-hydrogen) atoms. The monoisotopic (exact) mass is 390 g/mol. The number of thiophene rings is 1. The number of carbonyl (C=O) groups is 1. The zero-order valence-corrected chi connectivity index (χ0v) is 15.8. The number of nitro groups is 1.